The Morgan fingerprint density at radius 3 is 2.84 bits per heavy atom. The average Bonchev–Trinajstić information content (AvgIpc) is 2.61. The number of piperazine rings is 1. The minimum absolute atomic E-state index is 0.0859. The van der Waals surface area contributed by atoms with Crippen molar-refractivity contribution in [2.45, 2.75) is 26.0 Å². The van der Waals surface area contributed by atoms with Gasteiger partial charge in [-0.2, -0.15) is 0 Å². The number of aryl methyl sites for hydroxylation is 1. The molecular formula is C20H23FN2O2. The molecule has 1 heterocycles. The molecule has 2 unspecified atom stereocenters. The highest BCUT2D eigenvalue weighted by molar-refractivity contribution is 5.81. The molecule has 4 nitrogen and oxygen atoms in total. The summed E-state index contributed by atoms with van der Waals surface area (Å²) in [6, 6.07) is 13.9. The maximum absolute atomic E-state index is 13.6. The van der Waals surface area contributed by atoms with Crippen LogP contribution in [-0.4, -0.2) is 36.5 Å². The molecule has 0 aliphatic carbocycles. The zero-order valence-electron chi connectivity index (χ0n) is 14.5. The third-order valence-corrected chi connectivity index (χ3v) is 4.41. The highest BCUT2D eigenvalue weighted by Gasteiger charge is 2.31. The van der Waals surface area contributed by atoms with E-state index in [4.69, 9.17) is 4.74 Å². The van der Waals surface area contributed by atoms with Gasteiger partial charge in [0.25, 0.3) is 5.91 Å². The van der Waals surface area contributed by atoms with Gasteiger partial charge in [-0.3, -0.25) is 4.79 Å². The van der Waals surface area contributed by atoms with E-state index in [9.17, 15) is 9.18 Å². The molecule has 1 N–H and O–H groups in total. The predicted octanol–water partition coefficient (Wildman–Crippen LogP) is 3.07. The molecule has 1 fully saturated rings. The molecule has 0 spiro atoms. The molecule has 3 rings (SSSR count). The standard InChI is InChI=1S/C20H23FN2O2/c1-14-5-3-8-18(11-14)25-15(2)20(24)23-10-9-22-13-19(23)16-6-4-7-17(21)12-16/h3-8,11-12,15,19,22H,9-10,13H2,1-2H3. The molecule has 25 heavy (non-hydrogen) atoms. The van der Waals surface area contributed by atoms with Crippen molar-refractivity contribution in [3.05, 3.63) is 65.5 Å². The quantitative estimate of drug-likeness (QED) is 0.928. The van der Waals surface area contributed by atoms with Gasteiger partial charge >= 0.3 is 0 Å². The molecule has 0 radical (unpaired) electrons. The first-order chi connectivity index (χ1) is 12.0. The Morgan fingerprint density at radius 1 is 1.28 bits per heavy atom. The zero-order chi connectivity index (χ0) is 17.8. The second-order valence-electron chi connectivity index (χ2n) is 6.38. The summed E-state index contributed by atoms with van der Waals surface area (Å²) in [5.74, 6) is 0.301. The molecule has 132 valence electrons. The van der Waals surface area contributed by atoms with Crippen molar-refractivity contribution in [2.75, 3.05) is 19.6 Å². The maximum atomic E-state index is 13.6. The van der Waals surface area contributed by atoms with Crippen LogP contribution in [0.2, 0.25) is 0 Å². The van der Waals surface area contributed by atoms with Crippen molar-refractivity contribution >= 4 is 5.91 Å². The van der Waals surface area contributed by atoms with Crippen LogP contribution >= 0.6 is 0 Å². The van der Waals surface area contributed by atoms with Crippen LogP contribution in [0.15, 0.2) is 48.5 Å². The van der Waals surface area contributed by atoms with E-state index in [1.807, 2.05) is 37.3 Å². The van der Waals surface area contributed by atoms with E-state index < -0.39 is 6.10 Å². The van der Waals surface area contributed by atoms with Crippen molar-refractivity contribution in [1.29, 1.82) is 0 Å². The van der Waals surface area contributed by atoms with E-state index in [0.29, 0.717) is 25.4 Å². The van der Waals surface area contributed by atoms with Crippen LogP contribution < -0.4 is 10.1 Å². The van der Waals surface area contributed by atoms with Gasteiger partial charge in [-0.25, -0.2) is 4.39 Å². The largest absolute Gasteiger partial charge is 0.481 e. The predicted molar refractivity (Wildman–Crippen MR) is 95.0 cm³/mol. The van der Waals surface area contributed by atoms with Gasteiger partial charge in [0.05, 0.1) is 6.04 Å². The lowest BCUT2D eigenvalue weighted by molar-refractivity contribution is -0.141. The topological polar surface area (TPSA) is 41.6 Å². The number of ether oxygens (including phenoxy) is 1. The van der Waals surface area contributed by atoms with Crippen molar-refractivity contribution in [1.82, 2.24) is 10.2 Å². The van der Waals surface area contributed by atoms with Gasteiger partial charge in [0.2, 0.25) is 0 Å². The van der Waals surface area contributed by atoms with E-state index in [0.717, 1.165) is 11.1 Å². The van der Waals surface area contributed by atoms with Crippen LogP contribution in [0.4, 0.5) is 4.39 Å². The number of hydrogen-bond donors (Lipinski definition) is 1. The SMILES string of the molecule is Cc1cccc(OC(C)C(=O)N2CCNCC2c2cccc(F)c2)c1. The van der Waals surface area contributed by atoms with E-state index in [2.05, 4.69) is 5.32 Å². The van der Waals surface area contributed by atoms with Crippen LogP contribution in [0.1, 0.15) is 24.1 Å². The molecule has 1 amide bonds. The van der Waals surface area contributed by atoms with Gasteiger partial charge in [0.15, 0.2) is 6.10 Å². The fraction of sp³-hybridized carbons (Fsp3) is 0.350. The molecule has 1 aliphatic rings. The first-order valence-corrected chi connectivity index (χ1v) is 8.54. The monoisotopic (exact) mass is 342 g/mol. The van der Waals surface area contributed by atoms with Crippen LogP contribution in [0.3, 0.4) is 0 Å². The fourth-order valence-corrected chi connectivity index (χ4v) is 3.16. The number of benzene rings is 2. The molecule has 1 aliphatic heterocycles. The lowest BCUT2D eigenvalue weighted by Gasteiger charge is -2.38. The lowest BCUT2D eigenvalue weighted by Crippen LogP contribution is -2.52. The molecule has 2 aromatic carbocycles. The van der Waals surface area contributed by atoms with Gasteiger partial charge in [-0.1, -0.05) is 24.3 Å². The van der Waals surface area contributed by atoms with Crippen LogP contribution in [0, 0.1) is 12.7 Å². The maximum Gasteiger partial charge on any atom is 0.263 e. The Kier molecular flexibility index (Phi) is 5.34. The molecule has 0 aromatic heterocycles. The van der Waals surface area contributed by atoms with E-state index in [1.54, 1.807) is 17.9 Å². The fourth-order valence-electron chi connectivity index (χ4n) is 3.16. The third-order valence-electron chi connectivity index (χ3n) is 4.41. The summed E-state index contributed by atoms with van der Waals surface area (Å²) in [7, 11) is 0. The lowest BCUT2D eigenvalue weighted by atomic mass is 10.0. The van der Waals surface area contributed by atoms with Gasteiger partial charge in [0, 0.05) is 19.6 Å². The number of nitrogens with one attached hydrogen (secondary N) is 1. The van der Waals surface area contributed by atoms with Crippen molar-refractivity contribution in [3.63, 3.8) is 0 Å². The second kappa shape index (κ2) is 7.66. The van der Waals surface area contributed by atoms with Crippen molar-refractivity contribution < 1.29 is 13.9 Å². The summed E-state index contributed by atoms with van der Waals surface area (Å²) in [5.41, 5.74) is 1.88. The summed E-state index contributed by atoms with van der Waals surface area (Å²) < 4.78 is 19.4. The second-order valence-corrected chi connectivity index (χ2v) is 6.38. The van der Waals surface area contributed by atoms with Crippen LogP contribution in [-0.2, 0) is 4.79 Å². The molecule has 2 atom stereocenters. The highest BCUT2D eigenvalue weighted by Crippen LogP contribution is 2.24. The first kappa shape index (κ1) is 17.4. The number of nitrogens with zero attached hydrogens (tertiary/aromatic N) is 1. The molecular weight excluding hydrogens is 319 g/mol. The number of carbonyl (C=O) groups is 1. The van der Waals surface area contributed by atoms with Crippen LogP contribution in [0.25, 0.3) is 0 Å². The number of hydrogen-bond acceptors (Lipinski definition) is 3. The Hall–Kier alpha value is -2.40. The molecule has 5 heteroatoms. The number of halogens is 1. The van der Waals surface area contributed by atoms with Gasteiger partial charge in [0.1, 0.15) is 11.6 Å². The number of carbonyl (C=O) groups excluding carboxylic acids is 1. The third kappa shape index (κ3) is 4.17. The normalized spacial score (nSPS) is 18.7. The molecule has 2 aromatic rings. The first-order valence-electron chi connectivity index (χ1n) is 8.54. The highest BCUT2D eigenvalue weighted by atomic mass is 19.1. The molecule has 0 bridgehead atoms. The minimum atomic E-state index is -0.601. The Morgan fingerprint density at radius 2 is 2.08 bits per heavy atom. The average molecular weight is 342 g/mol. The zero-order valence-corrected chi connectivity index (χ0v) is 14.5. The molecule has 1 saturated heterocycles. The van der Waals surface area contributed by atoms with Gasteiger partial charge < -0.3 is 15.0 Å². The van der Waals surface area contributed by atoms with Gasteiger partial charge in [-0.05, 0) is 49.2 Å². The van der Waals surface area contributed by atoms with E-state index in [1.165, 1.54) is 12.1 Å². The summed E-state index contributed by atoms with van der Waals surface area (Å²) in [4.78, 5) is 14.7. The van der Waals surface area contributed by atoms with Crippen LogP contribution in [0.5, 0.6) is 5.75 Å². The summed E-state index contributed by atoms with van der Waals surface area (Å²) in [6.45, 7) is 5.63. The number of rotatable bonds is 4. The summed E-state index contributed by atoms with van der Waals surface area (Å²) >= 11 is 0. The Labute approximate surface area is 147 Å². The Balaban J connectivity index is 1.76. The van der Waals surface area contributed by atoms with E-state index in [-0.39, 0.29) is 17.8 Å². The smallest absolute Gasteiger partial charge is 0.263 e. The molecule has 0 saturated carbocycles. The Bertz CT molecular complexity index is 750. The van der Waals surface area contributed by atoms with Crippen molar-refractivity contribution in [3.8, 4) is 5.75 Å². The summed E-state index contributed by atoms with van der Waals surface area (Å²) in [5, 5.41) is 3.28. The minimum Gasteiger partial charge on any atom is -0.481 e. The van der Waals surface area contributed by atoms with Crippen molar-refractivity contribution in [2.24, 2.45) is 0 Å². The summed E-state index contributed by atoms with van der Waals surface area (Å²) in [6.07, 6.45) is -0.601. The van der Waals surface area contributed by atoms with E-state index >= 15 is 0 Å². The van der Waals surface area contributed by atoms with Gasteiger partial charge in [-0.15, -0.1) is 0 Å². The number of amides is 1.